The van der Waals surface area contributed by atoms with E-state index >= 15 is 0 Å². The molecule has 1 N–H and O–H groups in total. The van der Waals surface area contributed by atoms with Gasteiger partial charge in [-0.25, -0.2) is 4.98 Å². The van der Waals surface area contributed by atoms with Gasteiger partial charge in [-0.2, -0.15) is 4.98 Å². The molecule has 0 radical (unpaired) electrons. The van der Waals surface area contributed by atoms with Crippen molar-refractivity contribution in [2.24, 2.45) is 11.3 Å². The predicted octanol–water partition coefficient (Wildman–Crippen LogP) is 2.89. The van der Waals surface area contributed by atoms with Gasteiger partial charge in [0.15, 0.2) is 0 Å². The van der Waals surface area contributed by atoms with Crippen molar-refractivity contribution in [1.82, 2.24) is 9.97 Å². The van der Waals surface area contributed by atoms with E-state index in [1.54, 1.807) is 7.11 Å². The number of aromatic nitrogens is 2. The van der Waals surface area contributed by atoms with Gasteiger partial charge < -0.3 is 10.1 Å². The normalized spacial score (nSPS) is 11.7. The summed E-state index contributed by atoms with van der Waals surface area (Å²) in [5.74, 6) is 1.83. The fourth-order valence-electron chi connectivity index (χ4n) is 1.23. The quantitative estimate of drug-likeness (QED) is 0.855. The highest BCUT2D eigenvalue weighted by atomic mass is 16.5. The summed E-state index contributed by atoms with van der Waals surface area (Å²) in [7, 11) is 1.61. The lowest BCUT2D eigenvalue weighted by atomic mass is 9.81. The first-order valence-corrected chi connectivity index (χ1v) is 5.98. The number of aryl methyl sites for hydroxylation is 1. The molecule has 1 heterocycles. The standard InChI is InChI=1S/C13H23N3O/c1-9(2)13(4,5)8-14-12-15-10(3)7-11(16-12)17-6/h7,9H,8H2,1-6H3,(H,14,15,16). The summed E-state index contributed by atoms with van der Waals surface area (Å²) in [6.07, 6.45) is 0. The summed E-state index contributed by atoms with van der Waals surface area (Å²) in [6.45, 7) is 11.7. The van der Waals surface area contributed by atoms with E-state index in [-0.39, 0.29) is 5.41 Å². The number of ether oxygens (including phenoxy) is 1. The van der Waals surface area contributed by atoms with Crippen molar-refractivity contribution in [1.29, 1.82) is 0 Å². The molecule has 0 aliphatic rings. The molecule has 4 heteroatoms. The number of nitrogens with one attached hydrogen (secondary N) is 1. The molecule has 0 amide bonds. The summed E-state index contributed by atoms with van der Waals surface area (Å²) < 4.78 is 5.12. The Balaban J connectivity index is 2.72. The van der Waals surface area contributed by atoms with Crippen molar-refractivity contribution in [3.8, 4) is 5.88 Å². The monoisotopic (exact) mass is 237 g/mol. The van der Waals surface area contributed by atoms with Crippen LogP contribution in [0, 0.1) is 18.3 Å². The molecular weight excluding hydrogens is 214 g/mol. The fraction of sp³-hybridized carbons (Fsp3) is 0.692. The number of hydrogen-bond donors (Lipinski definition) is 1. The van der Waals surface area contributed by atoms with Crippen LogP contribution in [0.2, 0.25) is 0 Å². The summed E-state index contributed by atoms with van der Waals surface area (Å²) in [5, 5.41) is 3.28. The average molecular weight is 237 g/mol. The molecule has 0 bridgehead atoms. The molecule has 0 spiro atoms. The van der Waals surface area contributed by atoms with E-state index in [0.29, 0.717) is 17.7 Å². The first kappa shape index (κ1) is 13.7. The molecule has 4 nitrogen and oxygen atoms in total. The third kappa shape index (κ3) is 3.88. The van der Waals surface area contributed by atoms with Crippen LogP contribution in [0.15, 0.2) is 6.07 Å². The third-order valence-electron chi connectivity index (χ3n) is 3.30. The van der Waals surface area contributed by atoms with Gasteiger partial charge in [-0.3, -0.25) is 0 Å². The lowest BCUT2D eigenvalue weighted by Gasteiger charge is -2.29. The van der Waals surface area contributed by atoms with E-state index in [0.717, 1.165) is 12.2 Å². The third-order valence-corrected chi connectivity index (χ3v) is 3.30. The number of methoxy groups -OCH3 is 1. The number of rotatable bonds is 5. The van der Waals surface area contributed by atoms with Gasteiger partial charge in [0.25, 0.3) is 0 Å². The van der Waals surface area contributed by atoms with Gasteiger partial charge in [0.1, 0.15) is 0 Å². The van der Waals surface area contributed by atoms with Crippen molar-refractivity contribution in [2.75, 3.05) is 19.0 Å². The van der Waals surface area contributed by atoms with Crippen molar-refractivity contribution >= 4 is 5.95 Å². The molecule has 0 unspecified atom stereocenters. The maximum absolute atomic E-state index is 5.12. The van der Waals surface area contributed by atoms with Crippen LogP contribution in [-0.2, 0) is 0 Å². The Morgan fingerprint density at radius 3 is 2.53 bits per heavy atom. The molecule has 0 saturated heterocycles. The Hall–Kier alpha value is -1.32. The average Bonchev–Trinajstić information content (AvgIpc) is 2.25. The molecule has 0 aliphatic carbocycles. The van der Waals surface area contributed by atoms with Crippen molar-refractivity contribution in [3.63, 3.8) is 0 Å². The topological polar surface area (TPSA) is 47.0 Å². The van der Waals surface area contributed by atoms with E-state index < -0.39 is 0 Å². The van der Waals surface area contributed by atoms with Crippen LogP contribution in [0.25, 0.3) is 0 Å². The molecule has 1 aromatic rings. The summed E-state index contributed by atoms with van der Waals surface area (Å²) in [4.78, 5) is 8.61. The summed E-state index contributed by atoms with van der Waals surface area (Å²) >= 11 is 0. The smallest absolute Gasteiger partial charge is 0.226 e. The zero-order chi connectivity index (χ0) is 13.1. The van der Waals surface area contributed by atoms with Gasteiger partial charge in [0.05, 0.1) is 7.11 Å². The van der Waals surface area contributed by atoms with Crippen molar-refractivity contribution in [2.45, 2.75) is 34.6 Å². The maximum Gasteiger partial charge on any atom is 0.226 e. The maximum atomic E-state index is 5.12. The Morgan fingerprint density at radius 1 is 1.35 bits per heavy atom. The highest BCUT2D eigenvalue weighted by molar-refractivity contribution is 5.30. The molecule has 96 valence electrons. The van der Waals surface area contributed by atoms with E-state index in [1.165, 1.54) is 0 Å². The Morgan fingerprint density at radius 2 is 2.00 bits per heavy atom. The van der Waals surface area contributed by atoms with E-state index in [4.69, 9.17) is 4.74 Å². The first-order valence-electron chi connectivity index (χ1n) is 5.98. The molecule has 0 aliphatic heterocycles. The minimum Gasteiger partial charge on any atom is -0.481 e. The fourth-order valence-corrected chi connectivity index (χ4v) is 1.23. The molecule has 0 atom stereocenters. The van der Waals surface area contributed by atoms with Crippen LogP contribution in [0.3, 0.4) is 0 Å². The van der Waals surface area contributed by atoms with Crippen LogP contribution in [0.4, 0.5) is 5.95 Å². The van der Waals surface area contributed by atoms with Crippen LogP contribution in [-0.4, -0.2) is 23.6 Å². The lowest BCUT2D eigenvalue weighted by molar-refractivity contribution is 0.269. The van der Waals surface area contributed by atoms with E-state index in [2.05, 4.69) is 43.0 Å². The second-order valence-corrected chi connectivity index (χ2v) is 5.37. The molecule has 0 saturated carbocycles. The van der Waals surface area contributed by atoms with E-state index in [9.17, 15) is 0 Å². The minimum atomic E-state index is 0.209. The molecular formula is C13H23N3O. The lowest BCUT2D eigenvalue weighted by Crippen LogP contribution is -2.29. The van der Waals surface area contributed by atoms with Gasteiger partial charge in [-0.15, -0.1) is 0 Å². The van der Waals surface area contributed by atoms with Crippen molar-refractivity contribution in [3.05, 3.63) is 11.8 Å². The second-order valence-electron chi connectivity index (χ2n) is 5.37. The molecule has 17 heavy (non-hydrogen) atoms. The Labute approximate surface area is 104 Å². The number of anilines is 1. The van der Waals surface area contributed by atoms with Gasteiger partial charge in [0.2, 0.25) is 11.8 Å². The minimum absolute atomic E-state index is 0.209. The molecule has 1 aromatic heterocycles. The summed E-state index contributed by atoms with van der Waals surface area (Å²) in [6, 6.07) is 1.82. The van der Waals surface area contributed by atoms with Crippen LogP contribution in [0.1, 0.15) is 33.4 Å². The Bertz CT molecular complexity index is 375. The van der Waals surface area contributed by atoms with Crippen molar-refractivity contribution < 1.29 is 4.74 Å². The highest BCUT2D eigenvalue weighted by Gasteiger charge is 2.22. The highest BCUT2D eigenvalue weighted by Crippen LogP contribution is 2.26. The predicted molar refractivity (Wildman–Crippen MR) is 70.4 cm³/mol. The summed E-state index contributed by atoms with van der Waals surface area (Å²) in [5.41, 5.74) is 1.11. The van der Waals surface area contributed by atoms with Gasteiger partial charge in [-0.1, -0.05) is 27.7 Å². The van der Waals surface area contributed by atoms with Crippen LogP contribution in [0.5, 0.6) is 5.88 Å². The Kier molecular flexibility index (Phi) is 4.32. The van der Waals surface area contributed by atoms with Gasteiger partial charge in [0, 0.05) is 18.3 Å². The number of hydrogen-bond acceptors (Lipinski definition) is 4. The first-order chi connectivity index (χ1) is 7.85. The zero-order valence-electron chi connectivity index (χ0n) is 11.7. The second kappa shape index (κ2) is 5.34. The van der Waals surface area contributed by atoms with Gasteiger partial charge in [-0.05, 0) is 18.3 Å². The van der Waals surface area contributed by atoms with Crippen LogP contribution < -0.4 is 10.1 Å². The largest absolute Gasteiger partial charge is 0.481 e. The number of nitrogens with zero attached hydrogens (tertiary/aromatic N) is 2. The van der Waals surface area contributed by atoms with E-state index in [1.807, 2.05) is 13.0 Å². The zero-order valence-corrected chi connectivity index (χ0v) is 11.7. The molecule has 0 fully saturated rings. The van der Waals surface area contributed by atoms with Gasteiger partial charge >= 0.3 is 0 Å². The SMILES string of the molecule is COc1cc(C)nc(NCC(C)(C)C(C)C)n1. The molecule has 1 rings (SSSR count). The molecule has 0 aromatic carbocycles. The van der Waals surface area contributed by atoms with Crippen LogP contribution >= 0.6 is 0 Å².